The Labute approximate surface area is 139 Å². The summed E-state index contributed by atoms with van der Waals surface area (Å²) in [6.45, 7) is 1.79. The van der Waals surface area contributed by atoms with Crippen LogP contribution in [0.2, 0.25) is 5.02 Å². The van der Waals surface area contributed by atoms with E-state index in [0.717, 1.165) is 9.99 Å². The summed E-state index contributed by atoms with van der Waals surface area (Å²) in [6.07, 6.45) is 0. The van der Waals surface area contributed by atoms with E-state index in [4.69, 9.17) is 23.2 Å². The van der Waals surface area contributed by atoms with E-state index in [2.05, 4.69) is 20.9 Å². The highest BCUT2D eigenvalue weighted by atomic mass is 79.9. The van der Waals surface area contributed by atoms with Gasteiger partial charge in [0.25, 0.3) is 0 Å². The number of aromatic nitrogens is 2. The minimum Gasteiger partial charge on any atom is -0.292 e. The van der Waals surface area contributed by atoms with E-state index in [1.54, 1.807) is 35.8 Å². The predicted molar refractivity (Wildman–Crippen MR) is 88.0 cm³/mol. The molecule has 1 atom stereocenters. The third-order valence-corrected chi connectivity index (χ3v) is 4.16. The molecule has 0 fully saturated rings. The van der Waals surface area contributed by atoms with E-state index in [1.165, 1.54) is 6.07 Å². The Balaban J connectivity index is 2.42. The van der Waals surface area contributed by atoms with Crippen LogP contribution in [0.1, 0.15) is 18.1 Å². The Morgan fingerprint density at radius 2 is 2.05 bits per heavy atom. The third kappa shape index (κ3) is 2.56. The van der Waals surface area contributed by atoms with Crippen LogP contribution in [0.25, 0.3) is 16.7 Å². The van der Waals surface area contributed by atoms with Gasteiger partial charge in [0.15, 0.2) is 0 Å². The van der Waals surface area contributed by atoms with Crippen LogP contribution in [0.4, 0.5) is 4.39 Å². The molecule has 0 aliphatic heterocycles. The number of fused-ring (bicyclic) bond motifs is 1. The summed E-state index contributed by atoms with van der Waals surface area (Å²) >= 11 is 15.8. The molecule has 0 radical (unpaired) electrons. The molecule has 2 nitrogen and oxygen atoms in total. The average Bonchev–Trinajstić information content (AvgIpc) is 2.82. The molecular weight excluding hydrogens is 378 g/mol. The molecule has 3 aromatic rings. The standard InChI is InChI=1S/C15H10BrCl2FN2/c1-8(17)15-20-14-10(18)3-2-4-12(14)21(15)13-7-9(16)5-6-11(13)19/h2-8H,1H3. The number of para-hydroxylation sites is 1. The second kappa shape index (κ2) is 5.59. The first-order valence-electron chi connectivity index (χ1n) is 6.25. The molecule has 6 heteroatoms. The zero-order valence-corrected chi connectivity index (χ0v) is 14.0. The number of halogens is 4. The van der Waals surface area contributed by atoms with Crippen molar-refractivity contribution in [2.75, 3.05) is 0 Å². The molecule has 1 heterocycles. The number of rotatable bonds is 2. The maximum Gasteiger partial charge on any atom is 0.147 e. The van der Waals surface area contributed by atoms with Crippen molar-refractivity contribution in [3.63, 3.8) is 0 Å². The van der Waals surface area contributed by atoms with E-state index in [0.29, 0.717) is 22.1 Å². The number of nitrogens with zero attached hydrogens (tertiary/aromatic N) is 2. The highest BCUT2D eigenvalue weighted by Crippen LogP contribution is 2.33. The Bertz CT molecular complexity index is 830. The molecule has 0 saturated carbocycles. The molecule has 0 bridgehead atoms. The highest BCUT2D eigenvalue weighted by molar-refractivity contribution is 9.10. The second-order valence-corrected chi connectivity index (χ2v) is 6.60. The van der Waals surface area contributed by atoms with E-state index < -0.39 is 0 Å². The molecule has 3 rings (SSSR count). The van der Waals surface area contributed by atoms with Crippen LogP contribution in [-0.2, 0) is 0 Å². The van der Waals surface area contributed by atoms with Crippen molar-refractivity contribution >= 4 is 50.2 Å². The van der Waals surface area contributed by atoms with Crippen molar-refractivity contribution in [3.8, 4) is 5.69 Å². The highest BCUT2D eigenvalue weighted by Gasteiger charge is 2.20. The van der Waals surface area contributed by atoms with Gasteiger partial charge in [0.2, 0.25) is 0 Å². The summed E-state index contributed by atoms with van der Waals surface area (Å²) in [5.41, 5.74) is 1.72. The van der Waals surface area contributed by atoms with Crippen LogP contribution in [0.3, 0.4) is 0 Å². The lowest BCUT2D eigenvalue weighted by molar-refractivity contribution is 0.616. The van der Waals surface area contributed by atoms with Crippen molar-refractivity contribution in [3.05, 3.63) is 57.5 Å². The van der Waals surface area contributed by atoms with Crippen LogP contribution in [0, 0.1) is 5.82 Å². The summed E-state index contributed by atoms with van der Waals surface area (Å²) in [5.74, 6) is 0.202. The lowest BCUT2D eigenvalue weighted by Gasteiger charge is -2.12. The van der Waals surface area contributed by atoms with Crippen LogP contribution in [0.5, 0.6) is 0 Å². The van der Waals surface area contributed by atoms with E-state index in [9.17, 15) is 4.39 Å². The van der Waals surface area contributed by atoms with Gasteiger partial charge in [-0.2, -0.15) is 0 Å². The van der Waals surface area contributed by atoms with Gasteiger partial charge in [0, 0.05) is 4.47 Å². The molecule has 2 aromatic carbocycles. The number of benzene rings is 2. The Kier molecular flexibility index (Phi) is 3.95. The smallest absolute Gasteiger partial charge is 0.147 e. The van der Waals surface area contributed by atoms with Gasteiger partial charge in [-0.05, 0) is 37.3 Å². The minimum atomic E-state index is -0.383. The van der Waals surface area contributed by atoms with Gasteiger partial charge < -0.3 is 0 Å². The first-order chi connectivity index (χ1) is 9.99. The van der Waals surface area contributed by atoms with E-state index in [1.807, 2.05) is 6.07 Å². The Morgan fingerprint density at radius 1 is 1.29 bits per heavy atom. The van der Waals surface area contributed by atoms with Crippen LogP contribution in [-0.4, -0.2) is 9.55 Å². The molecule has 0 spiro atoms. The predicted octanol–water partition coefficient (Wildman–Crippen LogP) is 5.88. The maximum absolute atomic E-state index is 14.3. The van der Waals surface area contributed by atoms with Gasteiger partial charge >= 0.3 is 0 Å². The molecule has 1 aromatic heterocycles. The molecule has 0 amide bonds. The van der Waals surface area contributed by atoms with E-state index >= 15 is 0 Å². The van der Waals surface area contributed by atoms with E-state index in [-0.39, 0.29) is 11.2 Å². The molecule has 21 heavy (non-hydrogen) atoms. The van der Waals surface area contributed by atoms with Crippen LogP contribution in [0.15, 0.2) is 40.9 Å². The molecule has 0 saturated heterocycles. The topological polar surface area (TPSA) is 17.8 Å². The minimum absolute atomic E-state index is 0.351. The maximum atomic E-state index is 14.3. The van der Waals surface area contributed by atoms with Gasteiger partial charge in [-0.15, -0.1) is 11.6 Å². The fourth-order valence-electron chi connectivity index (χ4n) is 2.26. The first kappa shape index (κ1) is 14.8. The molecular formula is C15H10BrCl2FN2. The summed E-state index contributed by atoms with van der Waals surface area (Å²) < 4.78 is 16.7. The fraction of sp³-hybridized carbons (Fsp3) is 0.133. The molecule has 0 N–H and O–H groups in total. The van der Waals surface area contributed by atoms with Crippen molar-refractivity contribution in [2.45, 2.75) is 12.3 Å². The van der Waals surface area contributed by atoms with Crippen molar-refractivity contribution in [1.82, 2.24) is 9.55 Å². The lowest BCUT2D eigenvalue weighted by atomic mass is 10.2. The molecule has 1 unspecified atom stereocenters. The molecule has 0 aliphatic rings. The summed E-state index contributed by atoms with van der Waals surface area (Å²) in [5, 5.41) is 0.132. The van der Waals surface area contributed by atoms with Crippen molar-refractivity contribution in [1.29, 1.82) is 0 Å². The number of hydrogen-bond donors (Lipinski definition) is 0. The van der Waals surface area contributed by atoms with Gasteiger partial charge in [-0.3, -0.25) is 4.57 Å². The second-order valence-electron chi connectivity index (χ2n) is 4.62. The number of imidazole rings is 1. The molecule has 108 valence electrons. The van der Waals surface area contributed by atoms with Crippen molar-refractivity contribution in [2.24, 2.45) is 0 Å². The quantitative estimate of drug-likeness (QED) is 0.502. The monoisotopic (exact) mass is 386 g/mol. The van der Waals surface area contributed by atoms with Gasteiger partial charge in [0.05, 0.1) is 21.6 Å². The van der Waals surface area contributed by atoms with Gasteiger partial charge in [-0.25, -0.2) is 9.37 Å². The third-order valence-electron chi connectivity index (χ3n) is 3.17. The first-order valence-corrected chi connectivity index (χ1v) is 7.86. The normalized spacial score (nSPS) is 12.8. The largest absolute Gasteiger partial charge is 0.292 e. The molecule has 0 aliphatic carbocycles. The Hall–Kier alpha value is -1.10. The summed E-state index contributed by atoms with van der Waals surface area (Å²) in [6, 6.07) is 10.1. The zero-order valence-electron chi connectivity index (χ0n) is 10.9. The van der Waals surface area contributed by atoms with Crippen molar-refractivity contribution < 1.29 is 4.39 Å². The van der Waals surface area contributed by atoms with Crippen LogP contribution >= 0.6 is 39.1 Å². The van der Waals surface area contributed by atoms with Gasteiger partial charge in [-0.1, -0.05) is 33.6 Å². The zero-order chi connectivity index (χ0) is 15.1. The average molecular weight is 388 g/mol. The summed E-state index contributed by atoms with van der Waals surface area (Å²) in [7, 11) is 0. The fourth-order valence-corrected chi connectivity index (χ4v) is 2.97. The number of alkyl halides is 1. The lowest BCUT2D eigenvalue weighted by Crippen LogP contribution is -2.04. The summed E-state index contributed by atoms with van der Waals surface area (Å²) in [4.78, 5) is 4.48. The van der Waals surface area contributed by atoms with Crippen LogP contribution < -0.4 is 0 Å². The van der Waals surface area contributed by atoms with Gasteiger partial charge in [0.1, 0.15) is 17.2 Å². The Morgan fingerprint density at radius 3 is 2.76 bits per heavy atom. The number of hydrogen-bond acceptors (Lipinski definition) is 1. The SMILES string of the molecule is CC(Cl)c1nc2c(Cl)cccc2n1-c1cc(Br)ccc1F.